The van der Waals surface area contributed by atoms with Gasteiger partial charge in [0.1, 0.15) is 23.7 Å². The second kappa shape index (κ2) is 9.86. The minimum absolute atomic E-state index is 0.00867. The van der Waals surface area contributed by atoms with Gasteiger partial charge in [0.15, 0.2) is 35.6 Å². The number of nitrogens with zero attached hydrogens (tertiary/aromatic N) is 4. The molecular formula is C27H24N6O7. The molecule has 3 fully saturated rings. The van der Waals surface area contributed by atoms with Crippen molar-refractivity contribution in [2.24, 2.45) is 0 Å². The van der Waals surface area contributed by atoms with Gasteiger partial charge in [-0.15, -0.1) is 0 Å². The average Bonchev–Trinajstić information content (AvgIpc) is 3.36. The number of para-hydroxylation sites is 1. The van der Waals surface area contributed by atoms with E-state index >= 15 is 0 Å². The minimum atomic E-state index is -1.13. The second-order valence-electron chi connectivity index (χ2n) is 9.68. The summed E-state index contributed by atoms with van der Waals surface area (Å²) >= 11 is 0. The predicted octanol–water partition coefficient (Wildman–Crippen LogP) is 3.23. The molecule has 2 amide bonds. The summed E-state index contributed by atoms with van der Waals surface area (Å²) in [6, 6.07) is 15.6. The standard InChI is InChI=1S/C27H24N6O7/c34-24(35)16-8-4-5-9-17(16)37-26-20-19(38-25(39-20)14-6-2-1-3-7-14)23(40-26)33-13-30-18-21(28-12-29-22(18)33)32-27(36)31-15-10-11-15/h1-9,12-13,15,19-20,23,25-26H,10-11H2,(H,34,35)(H2,28,29,31,32,36)/t19?,20?,23?,25-,26?/m1/s1. The van der Waals surface area contributed by atoms with E-state index in [0.29, 0.717) is 11.2 Å². The highest BCUT2D eigenvalue weighted by molar-refractivity contribution is 5.96. The van der Waals surface area contributed by atoms with Crippen LogP contribution >= 0.6 is 0 Å². The molecule has 7 rings (SSSR count). The largest absolute Gasteiger partial charge is 0.478 e. The fraction of sp³-hybridized carbons (Fsp3) is 0.296. The first-order valence-electron chi connectivity index (χ1n) is 12.8. The third-order valence-electron chi connectivity index (χ3n) is 6.92. The van der Waals surface area contributed by atoms with E-state index in [1.807, 2.05) is 30.3 Å². The van der Waals surface area contributed by atoms with Crippen LogP contribution in [0.3, 0.4) is 0 Å². The van der Waals surface area contributed by atoms with Crippen molar-refractivity contribution in [1.29, 1.82) is 0 Å². The fourth-order valence-electron chi connectivity index (χ4n) is 4.86. The van der Waals surface area contributed by atoms with Crippen molar-refractivity contribution in [3.8, 4) is 5.75 Å². The van der Waals surface area contributed by atoms with Gasteiger partial charge in [-0.25, -0.2) is 24.5 Å². The molecule has 1 saturated carbocycles. The molecule has 40 heavy (non-hydrogen) atoms. The number of carboxylic acids is 1. The van der Waals surface area contributed by atoms with Crippen molar-refractivity contribution < 1.29 is 33.6 Å². The van der Waals surface area contributed by atoms with Crippen LogP contribution in [0.25, 0.3) is 11.2 Å². The number of imidazole rings is 1. The first-order valence-corrected chi connectivity index (χ1v) is 12.8. The van der Waals surface area contributed by atoms with Crippen LogP contribution in [0.4, 0.5) is 10.6 Å². The molecule has 2 saturated heterocycles. The Morgan fingerprint density at radius 3 is 2.52 bits per heavy atom. The number of hydrogen-bond acceptors (Lipinski definition) is 9. The monoisotopic (exact) mass is 544 g/mol. The highest BCUT2D eigenvalue weighted by atomic mass is 16.8. The maximum atomic E-state index is 12.3. The normalized spacial score (nSPS) is 25.4. The number of fused-ring (bicyclic) bond motifs is 2. The van der Waals surface area contributed by atoms with E-state index in [4.69, 9.17) is 18.9 Å². The van der Waals surface area contributed by atoms with Crippen molar-refractivity contribution in [2.45, 2.75) is 49.9 Å². The Morgan fingerprint density at radius 1 is 0.950 bits per heavy atom. The fourth-order valence-corrected chi connectivity index (χ4v) is 4.86. The van der Waals surface area contributed by atoms with Crippen LogP contribution in [0.2, 0.25) is 0 Å². The average molecular weight is 545 g/mol. The molecule has 3 N–H and O–H groups in total. The van der Waals surface area contributed by atoms with Gasteiger partial charge in [0.25, 0.3) is 0 Å². The maximum Gasteiger partial charge on any atom is 0.339 e. The van der Waals surface area contributed by atoms with Crippen molar-refractivity contribution in [2.75, 3.05) is 5.32 Å². The quantitative estimate of drug-likeness (QED) is 0.315. The number of carbonyl (C=O) groups excluding carboxylic acids is 1. The minimum Gasteiger partial charge on any atom is -0.478 e. The zero-order chi connectivity index (χ0) is 27.2. The third kappa shape index (κ3) is 4.49. The highest BCUT2D eigenvalue weighted by Gasteiger charge is 2.55. The van der Waals surface area contributed by atoms with E-state index in [9.17, 15) is 14.7 Å². The summed E-state index contributed by atoms with van der Waals surface area (Å²) in [4.78, 5) is 37.2. The molecule has 2 aromatic carbocycles. The number of rotatable bonds is 7. The number of ether oxygens (including phenoxy) is 4. The molecule has 5 atom stereocenters. The molecule has 2 aliphatic heterocycles. The summed E-state index contributed by atoms with van der Waals surface area (Å²) in [5.41, 5.74) is 1.57. The number of anilines is 1. The van der Waals surface area contributed by atoms with Crippen molar-refractivity contribution in [1.82, 2.24) is 24.8 Å². The number of carbonyl (C=O) groups is 2. The van der Waals surface area contributed by atoms with Crippen LogP contribution < -0.4 is 15.4 Å². The lowest BCUT2D eigenvalue weighted by Crippen LogP contribution is -2.32. The Bertz CT molecular complexity index is 1580. The van der Waals surface area contributed by atoms with Crippen LogP contribution in [0.1, 0.15) is 41.3 Å². The van der Waals surface area contributed by atoms with Gasteiger partial charge in [0.2, 0.25) is 6.29 Å². The third-order valence-corrected chi connectivity index (χ3v) is 6.92. The molecule has 0 spiro atoms. The molecule has 4 unspecified atom stereocenters. The molecule has 4 heterocycles. The van der Waals surface area contributed by atoms with Gasteiger partial charge in [0.05, 0.1) is 6.33 Å². The molecule has 0 bridgehead atoms. The summed E-state index contributed by atoms with van der Waals surface area (Å²) in [6.45, 7) is 0. The summed E-state index contributed by atoms with van der Waals surface area (Å²) in [5, 5.41) is 15.2. The number of aromatic nitrogens is 4. The summed E-state index contributed by atoms with van der Waals surface area (Å²) in [7, 11) is 0. The van der Waals surface area contributed by atoms with E-state index in [2.05, 4.69) is 25.6 Å². The van der Waals surface area contributed by atoms with Gasteiger partial charge in [0, 0.05) is 11.6 Å². The van der Waals surface area contributed by atoms with Gasteiger partial charge in [-0.1, -0.05) is 42.5 Å². The van der Waals surface area contributed by atoms with Gasteiger partial charge in [-0.3, -0.25) is 9.88 Å². The van der Waals surface area contributed by atoms with Crippen LogP contribution in [-0.2, 0) is 14.2 Å². The molecule has 0 radical (unpaired) electrons. The number of urea groups is 1. The molecule has 204 valence electrons. The lowest BCUT2D eigenvalue weighted by molar-refractivity contribution is -0.190. The molecule has 13 nitrogen and oxygen atoms in total. The number of amides is 2. The number of hydrogen-bond donors (Lipinski definition) is 3. The Balaban J connectivity index is 1.21. The van der Waals surface area contributed by atoms with E-state index < -0.39 is 37.0 Å². The zero-order valence-corrected chi connectivity index (χ0v) is 20.9. The summed E-state index contributed by atoms with van der Waals surface area (Å²) in [5.74, 6) is -0.738. The topological polar surface area (TPSA) is 159 Å². The van der Waals surface area contributed by atoms with Crippen LogP contribution in [0, 0.1) is 0 Å². The summed E-state index contributed by atoms with van der Waals surface area (Å²) < 4.78 is 26.6. The predicted molar refractivity (Wildman–Crippen MR) is 137 cm³/mol. The number of benzene rings is 2. The van der Waals surface area contributed by atoms with E-state index in [0.717, 1.165) is 18.4 Å². The summed E-state index contributed by atoms with van der Waals surface area (Å²) in [6.07, 6.45) is 0.889. The Hall–Kier alpha value is -4.59. The molecule has 13 heteroatoms. The number of aromatic carboxylic acids is 1. The Labute approximate surface area is 227 Å². The van der Waals surface area contributed by atoms with E-state index in [-0.39, 0.29) is 29.2 Å². The Kier molecular flexibility index (Phi) is 6.03. The first-order chi connectivity index (χ1) is 19.5. The van der Waals surface area contributed by atoms with Gasteiger partial charge in [-0.05, 0) is 25.0 Å². The second-order valence-corrected chi connectivity index (χ2v) is 9.68. The Morgan fingerprint density at radius 2 is 1.73 bits per heavy atom. The SMILES string of the molecule is O=C(Nc1ncnc2c1ncn2C1OC(Oc2ccccc2C(=O)O)C2O[C@H](c3ccccc3)OC21)NC1CC1. The lowest BCUT2D eigenvalue weighted by Gasteiger charge is -2.22. The smallest absolute Gasteiger partial charge is 0.339 e. The zero-order valence-electron chi connectivity index (χ0n) is 20.9. The van der Waals surface area contributed by atoms with Crippen LogP contribution in [0.5, 0.6) is 5.75 Å². The van der Waals surface area contributed by atoms with Crippen molar-refractivity contribution in [3.63, 3.8) is 0 Å². The number of nitrogens with one attached hydrogen (secondary N) is 2. The van der Waals surface area contributed by atoms with Gasteiger partial charge in [-0.2, -0.15) is 0 Å². The molecule has 2 aromatic heterocycles. The van der Waals surface area contributed by atoms with Crippen LogP contribution in [-0.4, -0.2) is 61.2 Å². The molecular weight excluding hydrogens is 520 g/mol. The molecule has 1 aliphatic carbocycles. The number of carboxylic acid groups (broad SMARTS) is 1. The van der Waals surface area contributed by atoms with E-state index in [1.165, 1.54) is 18.7 Å². The van der Waals surface area contributed by atoms with Crippen molar-refractivity contribution >= 4 is 29.0 Å². The van der Waals surface area contributed by atoms with E-state index in [1.54, 1.807) is 22.8 Å². The molecule has 3 aliphatic rings. The van der Waals surface area contributed by atoms with Crippen molar-refractivity contribution in [3.05, 3.63) is 78.4 Å². The lowest BCUT2D eigenvalue weighted by atomic mass is 10.2. The highest BCUT2D eigenvalue weighted by Crippen LogP contribution is 2.45. The maximum absolute atomic E-state index is 12.3. The van der Waals surface area contributed by atoms with Gasteiger partial charge < -0.3 is 29.4 Å². The van der Waals surface area contributed by atoms with Crippen LogP contribution in [0.15, 0.2) is 67.3 Å². The van der Waals surface area contributed by atoms with Gasteiger partial charge >= 0.3 is 12.0 Å². The first kappa shape index (κ1) is 24.5. The molecule has 4 aromatic rings.